The van der Waals surface area contributed by atoms with Crippen molar-refractivity contribution in [1.29, 1.82) is 0 Å². The Morgan fingerprint density at radius 2 is 2.21 bits per heavy atom. The molecule has 0 saturated carbocycles. The summed E-state index contributed by atoms with van der Waals surface area (Å²) < 4.78 is 1.80. The van der Waals surface area contributed by atoms with Crippen LogP contribution in [0.3, 0.4) is 0 Å². The Balaban J connectivity index is 1.82. The molecule has 3 rings (SSSR count). The van der Waals surface area contributed by atoms with Crippen molar-refractivity contribution in [3.05, 3.63) is 53.3 Å². The van der Waals surface area contributed by atoms with E-state index in [1.54, 1.807) is 16.7 Å². The first-order valence-corrected chi connectivity index (χ1v) is 6.40. The van der Waals surface area contributed by atoms with Crippen LogP contribution < -0.4 is 5.32 Å². The third-order valence-electron chi connectivity index (χ3n) is 3.73. The average molecular weight is 256 g/mol. The zero-order valence-electron chi connectivity index (χ0n) is 10.8. The summed E-state index contributed by atoms with van der Waals surface area (Å²) in [6, 6.07) is 9.13. The molecule has 2 N–H and O–H groups in total. The second-order valence-electron chi connectivity index (χ2n) is 4.91. The topological polar surface area (TPSA) is 54.3 Å². The van der Waals surface area contributed by atoms with Gasteiger partial charge in [-0.3, -0.25) is 4.79 Å². The van der Waals surface area contributed by atoms with Gasteiger partial charge in [0.25, 0.3) is 5.91 Å². The van der Waals surface area contributed by atoms with Gasteiger partial charge in [-0.2, -0.15) is 0 Å². The van der Waals surface area contributed by atoms with Crippen molar-refractivity contribution in [1.82, 2.24) is 9.88 Å². The third-order valence-corrected chi connectivity index (χ3v) is 3.73. The smallest absolute Gasteiger partial charge is 0.268 e. The molecular formula is C15H16N2O2. The second-order valence-corrected chi connectivity index (χ2v) is 4.91. The maximum absolute atomic E-state index is 12.2. The van der Waals surface area contributed by atoms with Gasteiger partial charge in [0.15, 0.2) is 0 Å². The standard InChI is InChI=1S/C15H16N2O2/c1-17-9-3-5-13(17)15(19)16-12-8-7-11-10(12)4-2-6-14(11)18/h2-6,9,12,18H,7-8H2,1H3,(H,16,19)/t12-/m0/s1. The van der Waals surface area contributed by atoms with Crippen molar-refractivity contribution in [2.24, 2.45) is 7.05 Å². The molecule has 4 nitrogen and oxygen atoms in total. The van der Waals surface area contributed by atoms with E-state index in [-0.39, 0.29) is 11.9 Å². The molecule has 19 heavy (non-hydrogen) atoms. The lowest BCUT2D eigenvalue weighted by Crippen LogP contribution is -2.28. The van der Waals surface area contributed by atoms with E-state index in [1.807, 2.05) is 31.4 Å². The lowest BCUT2D eigenvalue weighted by atomic mass is 10.1. The zero-order valence-corrected chi connectivity index (χ0v) is 10.8. The first kappa shape index (κ1) is 11.8. The molecule has 0 spiro atoms. The maximum Gasteiger partial charge on any atom is 0.268 e. The van der Waals surface area contributed by atoms with Crippen LogP contribution >= 0.6 is 0 Å². The monoisotopic (exact) mass is 256 g/mol. The van der Waals surface area contributed by atoms with Gasteiger partial charge in [0, 0.05) is 13.2 Å². The lowest BCUT2D eigenvalue weighted by Gasteiger charge is -2.14. The predicted octanol–water partition coefficient (Wildman–Crippen LogP) is 2.15. The molecule has 1 aliphatic carbocycles. The minimum Gasteiger partial charge on any atom is -0.508 e. The fraction of sp³-hybridized carbons (Fsp3) is 0.267. The number of aromatic hydroxyl groups is 1. The number of carbonyl (C=O) groups excluding carboxylic acids is 1. The number of fused-ring (bicyclic) bond motifs is 1. The molecule has 98 valence electrons. The van der Waals surface area contributed by atoms with Crippen LogP contribution in [0.4, 0.5) is 0 Å². The largest absolute Gasteiger partial charge is 0.508 e. The Hall–Kier alpha value is -2.23. The number of aryl methyl sites for hydroxylation is 1. The predicted molar refractivity (Wildman–Crippen MR) is 72.0 cm³/mol. The molecule has 2 aromatic rings. The fourth-order valence-corrected chi connectivity index (χ4v) is 2.71. The van der Waals surface area contributed by atoms with E-state index in [2.05, 4.69) is 5.32 Å². The van der Waals surface area contributed by atoms with Crippen LogP contribution in [0, 0.1) is 0 Å². The highest BCUT2D eigenvalue weighted by Crippen LogP contribution is 2.36. The summed E-state index contributed by atoms with van der Waals surface area (Å²) in [5.41, 5.74) is 2.64. The van der Waals surface area contributed by atoms with E-state index in [9.17, 15) is 9.90 Å². The van der Waals surface area contributed by atoms with E-state index < -0.39 is 0 Å². The maximum atomic E-state index is 12.2. The van der Waals surface area contributed by atoms with Crippen molar-refractivity contribution in [3.63, 3.8) is 0 Å². The summed E-state index contributed by atoms with van der Waals surface area (Å²) >= 11 is 0. The van der Waals surface area contributed by atoms with Crippen LogP contribution in [0.15, 0.2) is 36.5 Å². The summed E-state index contributed by atoms with van der Waals surface area (Å²) in [5.74, 6) is 0.252. The van der Waals surface area contributed by atoms with Crippen molar-refractivity contribution < 1.29 is 9.90 Å². The highest BCUT2D eigenvalue weighted by atomic mass is 16.3. The van der Waals surface area contributed by atoms with Crippen molar-refractivity contribution in [3.8, 4) is 5.75 Å². The highest BCUT2D eigenvalue weighted by molar-refractivity contribution is 5.93. The molecule has 0 unspecified atom stereocenters. The van der Waals surface area contributed by atoms with Crippen molar-refractivity contribution in [2.45, 2.75) is 18.9 Å². The number of nitrogens with zero attached hydrogens (tertiary/aromatic N) is 1. The molecule has 1 aliphatic rings. The minimum absolute atomic E-state index is 0.00972. The number of hydrogen-bond acceptors (Lipinski definition) is 2. The molecule has 0 aliphatic heterocycles. The number of nitrogens with one attached hydrogen (secondary N) is 1. The van der Waals surface area contributed by atoms with Gasteiger partial charge in [0.1, 0.15) is 11.4 Å². The first-order valence-electron chi connectivity index (χ1n) is 6.40. The normalized spacial score (nSPS) is 17.2. The Kier molecular flexibility index (Phi) is 2.78. The van der Waals surface area contributed by atoms with Crippen LogP contribution in [-0.2, 0) is 13.5 Å². The van der Waals surface area contributed by atoms with Crippen LogP contribution in [0.5, 0.6) is 5.75 Å². The summed E-state index contributed by atoms with van der Waals surface area (Å²) in [6.45, 7) is 0. The Morgan fingerprint density at radius 3 is 2.95 bits per heavy atom. The number of phenolic OH excluding ortho intramolecular Hbond substituents is 1. The molecule has 1 heterocycles. The Bertz CT molecular complexity index is 631. The number of benzene rings is 1. The van der Waals surface area contributed by atoms with E-state index in [0.717, 1.165) is 24.0 Å². The van der Waals surface area contributed by atoms with Gasteiger partial charge >= 0.3 is 0 Å². The average Bonchev–Trinajstić information content (AvgIpc) is 2.97. The number of phenols is 1. The van der Waals surface area contributed by atoms with Crippen molar-refractivity contribution >= 4 is 5.91 Å². The number of hydrogen-bond donors (Lipinski definition) is 2. The van der Waals surface area contributed by atoms with E-state index in [1.165, 1.54) is 0 Å². The van der Waals surface area contributed by atoms with Crippen molar-refractivity contribution in [2.75, 3.05) is 0 Å². The molecule has 1 amide bonds. The number of rotatable bonds is 2. The van der Waals surface area contributed by atoms with Gasteiger partial charge in [-0.15, -0.1) is 0 Å². The molecule has 4 heteroatoms. The summed E-state index contributed by atoms with van der Waals surface area (Å²) in [5, 5.41) is 12.8. The third kappa shape index (κ3) is 1.99. The van der Waals surface area contributed by atoms with Crippen LogP contribution in [0.25, 0.3) is 0 Å². The van der Waals surface area contributed by atoms with E-state index in [4.69, 9.17) is 0 Å². The number of aromatic nitrogens is 1. The fourth-order valence-electron chi connectivity index (χ4n) is 2.71. The zero-order chi connectivity index (χ0) is 13.4. The molecule has 0 saturated heterocycles. The summed E-state index contributed by atoms with van der Waals surface area (Å²) in [4.78, 5) is 12.2. The SMILES string of the molecule is Cn1cccc1C(=O)N[C@H]1CCc2c(O)cccc21. The minimum atomic E-state index is -0.0753. The van der Waals surface area contributed by atoms with Gasteiger partial charge in [0.2, 0.25) is 0 Å². The molecule has 1 aromatic carbocycles. The molecular weight excluding hydrogens is 240 g/mol. The molecule has 0 bridgehead atoms. The molecule has 1 aromatic heterocycles. The van der Waals surface area contributed by atoms with Gasteiger partial charge in [0.05, 0.1) is 6.04 Å². The highest BCUT2D eigenvalue weighted by Gasteiger charge is 2.26. The van der Waals surface area contributed by atoms with Crippen LogP contribution in [0.1, 0.15) is 34.1 Å². The van der Waals surface area contributed by atoms with Gasteiger partial charge in [-0.25, -0.2) is 0 Å². The van der Waals surface area contributed by atoms with Crippen LogP contribution in [0.2, 0.25) is 0 Å². The first-order chi connectivity index (χ1) is 9.16. The summed E-state index contributed by atoms with van der Waals surface area (Å²) in [7, 11) is 1.85. The van der Waals surface area contributed by atoms with E-state index in [0.29, 0.717) is 11.4 Å². The lowest BCUT2D eigenvalue weighted by molar-refractivity contribution is 0.0928. The van der Waals surface area contributed by atoms with E-state index >= 15 is 0 Å². The summed E-state index contributed by atoms with van der Waals surface area (Å²) in [6.07, 6.45) is 3.49. The second kappa shape index (κ2) is 4.46. The quantitative estimate of drug-likeness (QED) is 0.865. The molecule has 0 radical (unpaired) electrons. The van der Waals surface area contributed by atoms with Crippen LogP contribution in [-0.4, -0.2) is 15.6 Å². The Morgan fingerprint density at radius 1 is 1.37 bits per heavy atom. The van der Waals surface area contributed by atoms with Gasteiger partial charge < -0.3 is 15.0 Å². The van der Waals surface area contributed by atoms with Gasteiger partial charge in [-0.1, -0.05) is 12.1 Å². The Labute approximate surface area is 111 Å². The van der Waals surface area contributed by atoms with Gasteiger partial charge in [-0.05, 0) is 42.2 Å². The number of carbonyl (C=O) groups is 1. The molecule has 1 atom stereocenters. The molecule has 0 fully saturated rings. The number of amides is 1.